The summed E-state index contributed by atoms with van der Waals surface area (Å²) in [4.78, 5) is 16.2. The highest BCUT2D eigenvalue weighted by Gasteiger charge is 2.29. The molecule has 8 heteroatoms. The first-order valence-corrected chi connectivity index (χ1v) is 10.8. The lowest BCUT2D eigenvalue weighted by molar-refractivity contribution is -0.135. The molecule has 0 aromatic rings. The molecule has 1 heterocycles. The molecule has 0 radical (unpaired) electrons. The van der Waals surface area contributed by atoms with E-state index in [1.807, 2.05) is 17.5 Å². The molecule has 3 rings (SSSR count). The monoisotopic (exact) mass is 429 g/mol. The molecule has 168 valence electrons. The minimum absolute atomic E-state index is 0.144. The molecule has 1 N–H and O–H groups in total. The van der Waals surface area contributed by atoms with E-state index in [4.69, 9.17) is 0 Å². The molecular weight excluding hydrogens is 398 g/mol. The Bertz CT molecular complexity index is 656. The maximum absolute atomic E-state index is 14.1. The van der Waals surface area contributed by atoms with Crippen molar-refractivity contribution in [3.05, 3.63) is 36.0 Å². The van der Waals surface area contributed by atoms with Gasteiger partial charge in [0.15, 0.2) is 0 Å². The van der Waals surface area contributed by atoms with Crippen LogP contribution in [-0.2, 0) is 4.79 Å². The van der Waals surface area contributed by atoms with Crippen LogP contribution in [0.3, 0.4) is 0 Å². The Labute approximate surface area is 175 Å². The highest BCUT2D eigenvalue weighted by Crippen LogP contribution is 2.30. The number of nitrogens with zero attached hydrogens (tertiary/aromatic N) is 2. The minimum atomic E-state index is -4.38. The van der Waals surface area contributed by atoms with E-state index in [9.17, 15) is 22.4 Å². The van der Waals surface area contributed by atoms with Crippen LogP contribution >= 0.6 is 0 Å². The number of carbonyl (C=O) groups is 1. The Kier molecular flexibility index (Phi) is 8.11. The fourth-order valence-corrected chi connectivity index (χ4v) is 4.45. The second kappa shape index (κ2) is 10.6. The second-order valence-corrected chi connectivity index (χ2v) is 8.45. The average Bonchev–Trinajstić information content (AvgIpc) is 2.72. The van der Waals surface area contributed by atoms with Crippen molar-refractivity contribution < 1.29 is 22.4 Å². The Balaban J connectivity index is 1.32. The first-order valence-electron chi connectivity index (χ1n) is 10.8. The molecule has 1 aliphatic heterocycles. The topological polar surface area (TPSA) is 35.6 Å². The van der Waals surface area contributed by atoms with Crippen molar-refractivity contribution in [2.24, 2.45) is 5.92 Å². The van der Waals surface area contributed by atoms with Crippen molar-refractivity contribution in [1.29, 1.82) is 0 Å². The maximum Gasteiger partial charge on any atom is 0.405 e. The standard InChI is InChI=1S/C22H31F4N3O/c23-19-3-1-2-4-20(19)29-13-11-28(12-14-29)10-9-17-5-7-18(8-6-17)15-21(30)27-16-22(24,25)26/h1-4,15,17,19-20H,5-14,16H2,(H,27,30). The highest BCUT2D eigenvalue weighted by molar-refractivity contribution is 5.88. The summed E-state index contributed by atoms with van der Waals surface area (Å²) in [5.74, 6) is -0.0717. The summed E-state index contributed by atoms with van der Waals surface area (Å²) in [6.07, 6.45) is 7.85. The molecular formula is C22H31F4N3O. The zero-order chi connectivity index (χ0) is 21.6. The molecule has 0 aromatic carbocycles. The fraction of sp³-hybridized carbons (Fsp3) is 0.682. The van der Waals surface area contributed by atoms with Gasteiger partial charge in [0.2, 0.25) is 5.91 Å². The van der Waals surface area contributed by atoms with Crippen molar-refractivity contribution in [1.82, 2.24) is 15.1 Å². The molecule has 0 bridgehead atoms. The van der Waals surface area contributed by atoms with Crippen LogP contribution in [0.4, 0.5) is 17.6 Å². The lowest BCUT2D eigenvalue weighted by Crippen LogP contribution is -2.52. The molecule has 2 aliphatic carbocycles. The third-order valence-corrected chi connectivity index (χ3v) is 6.27. The third kappa shape index (κ3) is 7.23. The van der Waals surface area contributed by atoms with E-state index in [1.54, 1.807) is 12.2 Å². The van der Waals surface area contributed by atoms with Crippen LogP contribution in [0.1, 0.15) is 32.1 Å². The van der Waals surface area contributed by atoms with Crippen LogP contribution in [0.2, 0.25) is 0 Å². The Morgan fingerprint density at radius 3 is 2.40 bits per heavy atom. The molecule has 2 unspecified atom stereocenters. The van der Waals surface area contributed by atoms with E-state index in [2.05, 4.69) is 9.80 Å². The first kappa shape index (κ1) is 23.0. The number of allylic oxidation sites excluding steroid dienone is 3. The molecule has 30 heavy (non-hydrogen) atoms. The van der Waals surface area contributed by atoms with Crippen molar-refractivity contribution >= 4 is 5.91 Å². The average molecular weight is 430 g/mol. The van der Waals surface area contributed by atoms with E-state index in [0.717, 1.165) is 70.4 Å². The molecule has 3 aliphatic rings. The van der Waals surface area contributed by atoms with Crippen molar-refractivity contribution in [2.75, 3.05) is 39.3 Å². The van der Waals surface area contributed by atoms with Gasteiger partial charge in [-0.3, -0.25) is 9.69 Å². The zero-order valence-electron chi connectivity index (χ0n) is 17.2. The summed E-state index contributed by atoms with van der Waals surface area (Å²) >= 11 is 0. The van der Waals surface area contributed by atoms with Gasteiger partial charge < -0.3 is 10.2 Å². The van der Waals surface area contributed by atoms with Gasteiger partial charge in [0.1, 0.15) is 12.7 Å². The molecule has 2 atom stereocenters. The molecule has 1 amide bonds. The van der Waals surface area contributed by atoms with E-state index < -0.39 is 24.8 Å². The predicted molar refractivity (Wildman–Crippen MR) is 109 cm³/mol. The van der Waals surface area contributed by atoms with E-state index in [1.165, 1.54) is 6.08 Å². The number of halogens is 4. The van der Waals surface area contributed by atoms with Crippen LogP contribution in [0.5, 0.6) is 0 Å². The van der Waals surface area contributed by atoms with E-state index in [-0.39, 0.29) is 6.04 Å². The maximum atomic E-state index is 14.1. The number of nitrogens with one attached hydrogen (secondary N) is 1. The van der Waals surface area contributed by atoms with Gasteiger partial charge in [-0.1, -0.05) is 23.8 Å². The van der Waals surface area contributed by atoms with Gasteiger partial charge in [0, 0.05) is 32.3 Å². The number of hydrogen-bond donors (Lipinski definition) is 1. The lowest BCUT2D eigenvalue weighted by Gasteiger charge is -2.40. The quantitative estimate of drug-likeness (QED) is 0.518. The van der Waals surface area contributed by atoms with Crippen LogP contribution in [0, 0.1) is 5.92 Å². The van der Waals surface area contributed by atoms with Crippen LogP contribution in [-0.4, -0.2) is 73.4 Å². The summed E-state index contributed by atoms with van der Waals surface area (Å²) in [5.41, 5.74) is 0.940. The summed E-state index contributed by atoms with van der Waals surface area (Å²) in [6, 6.07) is -0.144. The third-order valence-electron chi connectivity index (χ3n) is 6.27. The number of alkyl halides is 4. The molecule has 4 nitrogen and oxygen atoms in total. The number of piperazine rings is 1. The first-order chi connectivity index (χ1) is 14.3. The Morgan fingerprint density at radius 1 is 1.10 bits per heavy atom. The van der Waals surface area contributed by atoms with Crippen LogP contribution in [0.15, 0.2) is 36.0 Å². The van der Waals surface area contributed by atoms with Gasteiger partial charge in [0.25, 0.3) is 0 Å². The molecule has 0 spiro atoms. The Hall–Kier alpha value is -1.67. The summed E-state index contributed by atoms with van der Waals surface area (Å²) in [6.45, 7) is 3.35. The predicted octanol–water partition coefficient (Wildman–Crippen LogP) is 3.62. The number of amides is 1. The molecule has 1 saturated heterocycles. The van der Waals surface area contributed by atoms with Gasteiger partial charge >= 0.3 is 6.18 Å². The van der Waals surface area contributed by atoms with Crippen LogP contribution in [0.25, 0.3) is 0 Å². The zero-order valence-corrected chi connectivity index (χ0v) is 17.2. The van der Waals surface area contributed by atoms with Gasteiger partial charge in [-0.2, -0.15) is 13.2 Å². The SMILES string of the molecule is O=C(C=C1CCC(CCN2CCN(C3C=CC=CC3F)CC2)CC1)NCC(F)(F)F. The van der Waals surface area contributed by atoms with Gasteiger partial charge in [0.05, 0.1) is 6.04 Å². The van der Waals surface area contributed by atoms with Gasteiger partial charge in [-0.15, -0.1) is 0 Å². The normalized spacial score (nSPS) is 28.5. The number of carbonyl (C=O) groups excluding carboxylic acids is 1. The summed E-state index contributed by atoms with van der Waals surface area (Å²) in [7, 11) is 0. The van der Waals surface area contributed by atoms with Crippen LogP contribution < -0.4 is 5.32 Å². The Morgan fingerprint density at radius 2 is 1.77 bits per heavy atom. The van der Waals surface area contributed by atoms with Gasteiger partial charge in [-0.05, 0) is 50.6 Å². The van der Waals surface area contributed by atoms with E-state index in [0.29, 0.717) is 5.92 Å². The van der Waals surface area contributed by atoms with Crippen molar-refractivity contribution in [2.45, 2.75) is 50.5 Å². The molecule has 0 aromatic heterocycles. The largest absolute Gasteiger partial charge is 0.405 e. The number of rotatable bonds is 6. The molecule has 2 fully saturated rings. The summed E-state index contributed by atoms with van der Waals surface area (Å²) < 4.78 is 50.5. The van der Waals surface area contributed by atoms with Crippen molar-refractivity contribution in [3.63, 3.8) is 0 Å². The minimum Gasteiger partial charge on any atom is -0.343 e. The molecule has 1 saturated carbocycles. The fourth-order valence-electron chi connectivity index (χ4n) is 4.45. The second-order valence-electron chi connectivity index (χ2n) is 8.45. The van der Waals surface area contributed by atoms with E-state index >= 15 is 0 Å². The highest BCUT2D eigenvalue weighted by atomic mass is 19.4. The lowest BCUT2D eigenvalue weighted by atomic mass is 9.83. The summed E-state index contributed by atoms with van der Waals surface area (Å²) in [5, 5.41) is 1.90. The van der Waals surface area contributed by atoms with Gasteiger partial charge in [-0.25, -0.2) is 4.39 Å². The number of hydrogen-bond acceptors (Lipinski definition) is 3. The smallest absolute Gasteiger partial charge is 0.343 e. The van der Waals surface area contributed by atoms with Crippen molar-refractivity contribution in [3.8, 4) is 0 Å².